The summed E-state index contributed by atoms with van der Waals surface area (Å²) in [5, 5.41) is 0. The molecule has 1 fully saturated rings. The van der Waals surface area contributed by atoms with Gasteiger partial charge in [-0.3, -0.25) is 9.59 Å². The van der Waals surface area contributed by atoms with Crippen LogP contribution in [0.5, 0.6) is 0 Å². The van der Waals surface area contributed by atoms with Gasteiger partial charge in [0.25, 0.3) is 0 Å². The van der Waals surface area contributed by atoms with E-state index in [1.54, 1.807) is 19.2 Å². The van der Waals surface area contributed by atoms with Crippen LogP contribution in [-0.4, -0.2) is 49.6 Å². The number of Topliss-reactive ketones (excluding diaryl/α,β-unsaturated/α-hetero) is 1. The standard InChI is InChI=1S/C13H17NO5S/c1-14(10-6-8-20(17,18)9-10)13(16)5-4-11(15)12-3-2-7-19-12/h2-3,7,10H,4-6,8-9H2,1H3. The molecule has 1 saturated heterocycles. The van der Waals surface area contributed by atoms with Crippen LogP contribution in [0.25, 0.3) is 0 Å². The van der Waals surface area contributed by atoms with Crippen molar-refractivity contribution in [3.05, 3.63) is 24.2 Å². The van der Waals surface area contributed by atoms with E-state index >= 15 is 0 Å². The molecule has 1 aliphatic heterocycles. The first-order valence-corrected chi connectivity index (χ1v) is 8.24. The van der Waals surface area contributed by atoms with Gasteiger partial charge in [0.1, 0.15) is 0 Å². The maximum Gasteiger partial charge on any atom is 0.223 e. The molecule has 0 radical (unpaired) electrons. The number of carbonyl (C=O) groups excluding carboxylic acids is 2. The number of nitrogens with zero attached hydrogens (tertiary/aromatic N) is 1. The Morgan fingerprint density at radius 2 is 2.15 bits per heavy atom. The quantitative estimate of drug-likeness (QED) is 0.754. The molecule has 6 nitrogen and oxygen atoms in total. The van der Waals surface area contributed by atoms with Crippen molar-refractivity contribution in [1.29, 1.82) is 0 Å². The van der Waals surface area contributed by atoms with Gasteiger partial charge in [0.15, 0.2) is 21.4 Å². The van der Waals surface area contributed by atoms with Crippen molar-refractivity contribution < 1.29 is 22.4 Å². The molecule has 1 atom stereocenters. The van der Waals surface area contributed by atoms with Gasteiger partial charge < -0.3 is 9.32 Å². The number of hydrogen-bond acceptors (Lipinski definition) is 5. The molecule has 2 rings (SSSR count). The molecule has 1 amide bonds. The highest BCUT2D eigenvalue weighted by atomic mass is 32.2. The second kappa shape index (κ2) is 5.78. The first-order valence-electron chi connectivity index (χ1n) is 6.42. The minimum absolute atomic E-state index is 0.0152. The third-order valence-electron chi connectivity index (χ3n) is 3.51. The Hall–Kier alpha value is -1.63. The Labute approximate surface area is 117 Å². The monoisotopic (exact) mass is 299 g/mol. The molecule has 2 heterocycles. The van der Waals surface area contributed by atoms with E-state index in [-0.39, 0.29) is 47.8 Å². The zero-order valence-electron chi connectivity index (χ0n) is 11.2. The highest BCUT2D eigenvalue weighted by Crippen LogP contribution is 2.17. The molecule has 0 saturated carbocycles. The van der Waals surface area contributed by atoms with Crippen molar-refractivity contribution in [3.63, 3.8) is 0 Å². The van der Waals surface area contributed by atoms with E-state index in [0.717, 1.165) is 0 Å². The highest BCUT2D eigenvalue weighted by molar-refractivity contribution is 7.91. The molecule has 7 heteroatoms. The molecule has 1 aromatic rings. The topological polar surface area (TPSA) is 84.7 Å². The lowest BCUT2D eigenvalue weighted by Gasteiger charge is -2.23. The SMILES string of the molecule is CN(C(=O)CCC(=O)c1ccco1)C1CCS(=O)(=O)C1. The van der Waals surface area contributed by atoms with Gasteiger partial charge in [-0.15, -0.1) is 0 Å². The molecule has 1 aromatic heterocycles. The van der Waals surface area contributed by atoms with Gasteiger partial charge >= 0.3 is 0 Å². The fourth-order valence-electron chi connectivity index (χ4n) is 2.24. The summed E-state index contributed by atoms with van der Waals surface area (Å²) in [6, 6.07) is 2.90. The van der Waals surface area contributed by atoms with Crippen LogP contribution < -0.4 is 0 Å². The van der Waals surface area contributed by atoms with Gasteiger partial charge in [-0.05, 0) is 18.6 Å². The van der Waals surface area contributed by atoms with Crippen molar-refractivity contribution in [2.75, 3.05) is 18.6 Å². The second-order valence-electron chi connectivity index (χ2n) is 4.96. The predicted octanol–water partition coefficient (Wildman–Crippen LogP) is 0.888. The van der Waals surface area contributed by atoms with E-state index in [1.165, 1.54) is 11.2 Å². The van der Waals surface area contributed by atoms with Crippen LogP contribution in [0, 0.1) is 0 Å². The Bertz CT molecular complexity index is 590. The zero-order valence-corrected chi connectivity index (χ0v) is 12.1. The first-order chi connectivity index (χ1) is 9.39. The van der Waals surface area contributed by atoms with Gasteiger partial charge in [0.05, 0.1) is 17.8 Å². The third-order valence-corrected chi connectivity index (χ3v) is 5.26. The van der Waals surface area contributed by atoms with E-state index < -0.39 is 9.84 Å². The predicted molar refractivity (Wildman–Crippen MR) is 72.1 cm³/mol. The minimum atomic E-state index is -3.02. The van der Waals surface area contributed by atoms with E-state index in [0.29, 0.717) is 6.42 Å². The minimum Gasteiger partial charge on any atom is -0.461 e. The third kappa shape index (κ3) is 3.47. The number of amides is 1. The number of ketones is 1. The molecule has 1 aliphatic rings. The molecule has 0 spiro atoms. The largest absolute Gasteiger partial charge is 0.461 e. The van der Waals surface area contributed by atoms with Crippen molar-refractivity contribution >= 4 is 21.5 Å². The van der Waals surface area contributed by atoms with E-state index in [9.17, 15) is 18.0 Å². The molecule has 0 aromatic carbocycles. The van der Waals surface area contributed by atoms with Crippen molar-refractivity contribution in [1.82, 2.24) is 4.90 Å². The number of sulfone groups is 1. The summed E-state index contributed by atoms with van der Waals surface area (Å²) in [5.74, 6) is -0.0613. The molecular weight excluding hydrogens is 282 g/mol. The summed E-state index contributed by atoms with van der Waals surface area (Å²) >= 11 is 0. The smallest absolute Gasteiger partial charge is 0.223 e. The average Bonchev–Trinajstić information content (AvgIpc) is 3.03. The molecule has 20 heavy (non-hydrogen) atoms. The Kier molecular flexibility index (Phi) is 4.27. The van der Waals surface area contributed by atoms with Crippen LogP contribution in [-0.2, 0) is 14.6 Å². The van der Waals surface area contributed by atoms with Crippen molar-refractivity contribution in [3.8, 4) is 0 Å². The maximum atomic E-state index is 12.0. The van der Waals surface area contributed by atoms with Crippen LogP contribution in [0.3, 0.4) is 0 Å². The molecule has 0 N–H and O–H groups in total. The van der Waals surface area contributed by atoms with Crippen LogP contribution in [0.4, 0.5) is 0 Å². The summed E-state index contributed by atoms with van der Waals surface area (Å²) in [4.78, 5) is 25.1. The van der Waals surface area contributed by atoms with Crippen LogP contribution in [0.2, 0.25) is 0 Å². The number of carbonyl (C=O) groups is 2. The normalized spacial score (nSPS) is 20.8. The zero-order chi connectivity index (χ0) is 14.8. The molecule has 110 valence electrons. The lowest BCUT2D eigenvalue weighted by molar-refractivity contribution is -0.131. The van der Waals surface area contributed by atoms with Crippen LogP contribution in [0.1, 0.15) is 29.8 Å². The van der Waals surface area contributed by atoms with E-state index in [2.05, 4.69) is 0 Å². The Morgan fingerprint density at radius 3 is 2.70 bits per heavy atom. The second-order valence-corrected chi connectivity index (χ2v) is 7.19. The number of furan rings is 1. The van der Waals surface area contributed by atoms with Crippen LogP contribution >= 0.6 is 0 Å². The van der Waals surface area contributed by atoms with Crippen molar-refractivity contribution in [2.45, 2.75) is 25.3 Å². The van der Waals surface area contributed by atoms with Gasteiger partial charge in [-0.25, -0.2) is 8.42 Å². The van der Waals surface area contributed by atoms with Gasteiger partial charge in [-0.1, -0.05) is 0 Å². The lowest BCUT2D eigenvalue weighted by Crippen LogP contribution is -2.37. The lowest BCUT2D eigenvalue weighted by atomic mass is 10.1. The van der Waals surface area contributed by atoms with Gasteiger partial charge in [0.2, 0.25) is 5.91 Å². The molecule has 0 bridgehead atoms. The summed E-state index contributed by atoms with van der Waals surface area (Å²) < 4.78 is 27.7. The first kappa shape index (κ1) is 14.8. The van der Waals surface area contributed by atoms with Crippen molar-refractivity contribution in [2.24, 2.45) is 0 Å². The summed E-state index contributed by atoms with van der Waals surface area (Å²) in [7, 11) is -1.43. The maximum absolute atomic E-state index is 12.0. The van der Waals surface area contributed by atoms with Crippen LogP contribution in [0.15, 0.2) is 22.8 Å². The summed E-state index contributed by atoms with van der Waals surface area (Å²) in [5.41, 5.74) is 0. The number of hydrogen-bond donors (Lipinski definition) is 0. The highest BCUT2D eigenvalue weighted by Gasteiger charge is 2.32. The fourth-order valence-corrected chi connectivity index (χ4v) is 4.02. The number of rotatable bonds is 5. The summed E-state index contributed by atoms with van der Waals surface area (Å²) in [6.45, 7) is 0. The van der Waals surface area contributed by atoms with Gasteiger partial charge in [0, 0.05) is 25.9 Å². The Balaban J connectivity index is 1.84. The molecular formula is C13H17NO5S. The summed E-state index contributed by atoms with van der Waals surface area (Å²) in [6.07, 6.45) is 2.00. The Morgan fingerprint density at radius 1 is 1.40 bits per heavy atom. The molecule has 0 aliphatic carbocycles. The fraction of sp³-hybridized carbons (Fsp3) is 0.538. The molecule has 1 unspecified atom stereocenters. The van der Waals surface area contributed by atoms with Gasteiger partial charge in [-0.2, -0.15) is 0 Å². The average molecular weight is 299 g/mol. The van der Waals surface area contributed by atoms with E-state index in [1.807, 2.05) is 0 Å². The van der Waals surface area contributed by atoms with E-state index in [4.69, 9.17) is 4.42 Å².